The number of nitrogen functional groups attached to an aromatic ring is 1. The van der Waals surface area contributed by atoms with E-state index in [1.165, 1.54) is 22.9 Å². The van der Waals surface area contributed by atoms with Gasteiger partial charge in [0.05, 0.1) is 0 Å². The minimum absolute atomic E-state index is 0.0243. The van der Waals surface area contributed by atoms with Gasteiger partial charge in [-0.2, -0.15) is 0 Å². The molecule has 0 radical (unpaired) electrons. The largest absolute Gasteiger partial charge is 0.398 e. The molecule has 1 aromatic rings. The van der Waals surface area contributed by atoms with Crippen molar-refractivity contribution in [2.45, 2.75) is 27.3 Å². The van der Waals surface area contributed by atoms with Crippen LogP contribution in [0.4, 0.5) is 5.69 Å². The second-order valence-electron chi connectivity index (χ2n) is 5.74. The minimum atomic E-state index is -0.221. The maximum atomic E-state index is 12.0. The first kappa shape index (κ1) is 14.3. The molecule has 100 valence electrons. The molecule has 0 fully saturated rings. The molecule has 0 aliphatic heterocycles. The molecule has 0 unspecified atom stereocenters. The first-order valence-electron chi connectivity index (χ1n) is 5.89. The number of carbonyl (C=O) groups is 1. The Morgan fingerprint density at radius 1 is 1.39 bits per heavy atom. The third kappa shape index (κ3) is 4.24. The Morgan fingerprint density at radius 3 is 2.56 bits per heavy atom. The predicted molar refractivity (Wildman–Crippen MR) is 72.2 cm³/mol. The van der Waals surface area contributed by atoms with Gasteiger partial charge in [0, 0.05) is 31.5 Å². The van der Waals surface area contributed by atoms with Crippen LogP contribution in [-0.2, 0) is 11.3 Å². The van der Waals surface area contributed by atoms with Gasteiger partial charge in [0.15, 0.2) is 0 Å². The number of aromatic nitrogens is 1. The van der Waals surface area contributed by atoms with Crippen LogP contribution in [0, 0.1) is 5.41 Å². The van der Waals surface area contributed by atoms with Crippen LogP contribution >= 0.6 is 0 Å². The minimum Gasteiger partial charge on any atom is -0.398 e. The highest BCUT2D eigenvalue weighted by atomic mass is 16.2. The predicted octanol–water partition coefficient (Wildman–Crippen LogP) is 0.935. The van der Waals surface area contributed by atoms with Crippen molar-refractivity contribution in [2.24, 2.45) is 5.41 Å². The van der Waals surface area contributed by atoms with E-state index in [4.69, 9.17) is 5.73 Å². The molecule has 1 heterocycles. The molecule has 0 aromatic carbocycles. The summed E-state index contributed by atoms with van der Waals surface area (Å²) in [6.07, 6.45) is 1.49. The summed E-state index contributed by atoms with van der Waals surface area (Å²) in [5.41, 5.74) is 5.88. The topological polar surface area (TPSA) is 68.3 Å². The third-order valence-corrected chi connectivity index (χ3v) is 2.45. The maximum absolute atomic E-state index is 12.0. The van der Waals surface area contributed by atoms with Crippen molar-refractivity contribution in [3.05, 3.63) is 28.7 Å². The van der Waals surface area contributed by atoms with Gasteiger partial charge >= 0.3 is 0 Å². The maximum Gasteiger partial charge on any atom is 0.251 e. The first-order chi connectivity index (χ1) is 8.19. The lowest BCUT2D eigenvalue weighted by molar-refractivity contribution is -0.131. The Labute approximate surface area is 107 Å². The molecule has 0 aliphatic carbocycles. The number of pyridine rings is 1. The molecule has 1 rings (SSSR count). The highest BCUT2D eigenvalue weighted by Crippen LogP contribution is 2.14. The highest BCUT2D eigenvalue weighted by Gasteiger charge is 2.18. The standard InChI is InChI=1S/C13H21N3O2/c1-13(2,3)9-15(4)12(18)8-16-7-10(14)5-6-11(16)17/h5-7H,8-9,14H2,1-4H3. The molecule has 1 amide bonds. The smallest absolute Gasteiger partial charge is 0.251 e. The van der Waals surface area contributed by atoms with E-state index in [0.29, 0.717) is 12.2 Å². The van der Waals surface area contributed by atoms with Crippen LogP contribution in [0.2, 0.25) is 0 Å². The second-order valence-corrected chi connectivity index (χ2v) is 5.74. The number of anilines is 1. The zero-order chi connectivity index (χ0) is 13.9. The van der Waals surface area contributed by atoms with Crippen LogP contribution in [0.3, 0.4) is 0 Å². The van der Waals surface area contributed by atoms with Crippen molar-refractivity contribution in [1.82, 2.24) is 9.47 Å². The van der Waals surface area contributed by atoms with Crippen LogP contribution in [0.1, 0.15) is 20.8 Å². The monoisotopic (exact) mass is 251 g/mol. The number of nitrogens with zero attached hydrogens (tertiary/aromatic N) is 2. The lowest BCUT2D eigenvalue weighted by atomic mass is 9.96. The summed E-state index contributed by atoms with van der Waals surface area (Å²) >= 11 is 0. The van der Waals surface area contributed by atoms with Gasteiger partial charge in [-0.25, -0.2) is 0 Å². The van der Waals surface area contributed by atoms with Crippen molar-refractivity contribution >= 4 is 11.6 Å². The zero-order valence-electron chi connectivity index (χ0n) is 11.4. The first-order valence-corrected chi connectivity index (χ1v) is 5.89. The van der Waals surface area contributed by atoms with E-state index in [2.05, 4.69) is 20.8 Å². The molecule has 1 aromatic heterocycles. The summed E-state index contributed by atoms with van der Waals surface area (Å²) in [5.74, 6) is -0.0994. The fourth-order valence-electron chi connectivity index (χ4n) is 1.74. The summed E-state index contributed by atoms with van der Waals surface area (Å²) in [4.78, 5) is 25.2. The van der Waals surface area contributed by atoms with E-state index in [-0.39, 0.29) is 23.4 Å². The van der Waals surface area contributed by atoms with Crippen LogP contribution in [0.5, 0.6) is 0 Å². The van der Waals surface area contributed by atoms with Gasteiger partial charge in [0.1, 0.15) is 6.54 Å². The number of hydrogen-bond acceptors (Lipinski definition) is 3. The van der Waals surface area contributed by atoms with E-state index in [9.17, 15) is 9.59 Å². The number of amides is 1. The molecule has 2 N–H and O–H groups in total. The molecule has 0 bridgehead atoms. The number of nitrogens with two attached hydrogens (primary N) is 1. The van der Waals surface area contributed by atoms with E-state index in [1.54, 1.807) is 11.9 Å². The quantitative estimate of drug-likeness (QED) is 0.869. The van der Waals surface area contributed by atoms with Gasteiger partial charge in [0.25, 0.3) is 5.56 Å². The van der Waals surface area contributed by atoms with E-state index in [0.717, 1.165) is 0 Å². The molecule has 5 heteroatoms. The Balaban J connectivity index is 2.76. The van der Waals surface area contributed by atoms with Gasteiger partial charge in [-0.05, 0) is 11.5 Å². The average molecular weight is 251 g/mol. The van der Waals surface area contributed by atoms with Gasteiger partial charge in [0.2, 0.25) is 5.91 Å². The average Bonchev–Trinajstić information content (AvgIpc) is 2.21. The zero-order valence-corrected chi connectivity index (χ0v) is 11.4. The summed E-state index contributed by atoms with van der Waals surface area (Å²) in [6.45, 7) is 6.84. The van der Waals surface area contributed by atoms with Crippen molar-refractivity contribution in [2.75, 3.05) is 19.3 Å². The number of carbonyl (C=O) groups excluding carboxylic acids is 1. The van der Waals surface area contributed by atoms with Crippen LogP contribution in [0.25, 0.3) is 0 Å². The Hall–Kier alpha value is -1.78. The van der Waals surface area contributed by atoms with Crippen LogP contribution < -0.4 is 11.3 Å². The van der Waals surface area contributed by atoms with Crippen molar-refractivity contribution < 1.29 is 4.79 Å². The Morgan fingerprint density at radius 2 is 2.00 bits per heavy atom. The molecule has 18 heavy (non-hydrogen) atoms. The molecular formula is C13H21N3O2. The van der Waals surface area contributed by atoms with Crippen molar-refractivity contribution in [3.8, 4) is 0 Å². The summed E-state index contributed by atoms with van der Waals surface area (Å²) in [6, 6.07) is 2.90. The molecule has 0 spiro atoms. The summed E-state index contributed by atoms with van der Waals surface area (Å²) < 4.78 is 1.33. The summed E-state index contributed by atoms with van der Waals surface area (Å²) in [5, 5.41) is 0. The molecule has 0 aliphatic rings. The Kier molecular flexibility index (Phi) is 4.16. The molecule has 0 saturated carbocycles. The Bertz CT molecular complexity index is 486. The molecular weight excluding hydrogens is 230 g/mol. The molecule has 5 nitrogen and oxygen atoms in total. The van der Waals surface area contributed by atoms with Crippen LogP contribution in [-0.4, -0.2) is 29.0 Å². The van der Waals surface area contributed by atoms with E-state index < -0.39 is 0 Å². The van der Waals surface area contributed by atoms with E-state index >= 15 is 0 Å². The van der Waals surface area contributed by atoms with Gasteiger partial charge < -0.3 is 15.2 Å². The SMILES string of the molecule is CN(CC(C)(C)C)C(=O)Cn1cc(N)ccc1=O. The fourth-order valence-corrected chi connectivity index (χ4v) is 1.74. The molecule has 0 atom stereocenters. The number of likely N-dealkylation sites (N-methyl/N-ethyl adjacent to an activating group) is 1. The number of hydrogen-bond donors (Lipinski definition) is 1. The van der Waals surface area contributed by atoms with Gasteiger partial charge in [-0.3, -0.25) is 9.59 Å². The van der Waals surface area contributed by atoms with Gasteiger partial charge in [-0.15, -0.1) is 0 Å². The third-order valence-electron chi connectivity index (χ3n) is 2.45. The second kappa shape index (κ2) is 5.25. The lowest BCUT2D eigenvalue weighted by Crippen LogP contribution is -2.38. The normalized spacial score (nSPS) is 11.3. The van der Waals surface area contributed by atoms with E-state index in [1.807, 2.05) is 0 Å². The fraction of sp³-hybridized carbons (Fsp3) is 0.538. The highest BCUT2D eigenvalue weighted by molar-refractivity contribution is 5.75. The van der Waals surface area contributed by atoms with Crippen molar-refractivity contribution in [1.29, 1.82) is 0 Å². The van der Waals surface area contributed by atoms with Crippen molar-refractivity contribution in [3.63, 3.8) is 0 Å². The number of rotatable bonds is 3. The molecule has 0 saturated heterocycles. The lowest BCUT2D eigenvalue weighted by Gasteiger charge is -2.26. The van der Waals surface area contributed by atoms with Crippen LogP contribution in [0.15, 0.2) is 23.1 Å². The summed E-state index contributed by atoms with van der Waals surface area (Å²) in [7, 11) is 1.74. The van der Waals surface area contributed by atoms with Gasteiger partial charge in [-0.1, -0.05) is 20.8 Å².